The molecule has 0 spiro atoms. The van der Waals surface area contributed by atoms with Gasteiger partial charge in [-0.2, -0.15) is 0 Å². The fourth-order valence-corrected chi connectivity index (χ4v) is 6.09. The third-order valence-electron chi connectivity index (χ3n) is 5.38. The zero-order valence-corrected chi connectivity index (χ0v) is 18.5. The molecule has 0 bridgehead atoms. The van der Waals surface area contributed by atoms with Crippen LogP contribution in [0, 0.1) is 6.92 Å². The van der Waals surface area contributed by atoms with Crippen LogP contribution < -0.4 is 5.56 Å². The number of thiophene rings is 1. The molecule has 0 fully saturated rings. The summed E-state index contributed by atoms with van der Waals surface area (Å²) < 4.78 is 6.56. The molecular weight excluding hydrogens is 404 g/mol. The van der Waals surface area contributed by atoms with Crippen molar-refractivity contribution in [1.29, 1.82) is 0 Å². The minimum absolute atomic E-state index is 0.0386. The number of hydrogen-bond donors (Lipinski definition) is 0. The van der Waals surface area contributed by atoms with Gasteiger partial charge in [-0.3, -0.25) is 14.2 Å². The normalized spacial score (nSPS) is 15.0. The van der Waals surface area contributed by atoms with E-state index in [9.17, 15) is 9.59 Å². The van der Waals surface area contributed by atoms with Crippen LogP contribution in [-0.4, -0.2) is 27.9 Å². The Hall–Kier alpha value is -2.12. The number of aromatic nitrogens is 2. The Morgan fingerprint density at radius 1 is 1.24 bits per heavy atom. The van der Waals surface area contributed by atoms with Crippen molar-refractivity contribution in [2.45, 2.75) is 56.4 Å². The molecule has 152 valence electrons. The SMILES string of the molecule is COC(=O)C(C)Sc1nc2sc3c(c2c(=O)n1-c1ccccc1C)CCCCC3. The summed E-state index contributed by atoms with van der Waals surface area (Å²) in [5.41, 5.74) is 2.94. The lowest BCUT2D eigenvalue weighted by molar-refractivity contribution is -0.139. The van der Waals surface area contributed by atoms with E-state index in [-0.39, 0.29) is 11.5 Å². The lowest BCUT2D eigenvalue weighted by atomic mass is 10.1. The van der Waals surface area contributed by atoms with E-state index in [2.05, 4.69) is 0 Å². The van der Waals surface area contributed by atoms with Crippen molar-refractivity contribution in [2.24, 2.45) is 0 Å². The molecule has 0 amide bonds. The van der Waals surface area contributed by atoms with Crippen molar-refractivity contribution in [1.82, 2.24) is 9.55 Å². The number of hydrogen-bond acceptors (Lipinski definition) is 6. The summed E-state index contributed by atoms with van der Waals surface area (Å²) in [5, 5.41) is 0.828. The summed E-state index contributed by atoms with van der Waals surface area (Å²) in [6.45, 7) is 3.76. The van der Waals surface area contributed by atoms with Crippen LogP contribution in [0.4, 0.5) is 0 Å². The van der Waals surface area contributed by atoms with Crippen LogP contribution in [0.5, 0.6) is 0 Å². The first kappa shape index (κ1) is 20.2. The van der Waals surface area contributed by atoms with Crippen molar-refractivity contribution in [3.05, 3.63) is 50.6 Å². The number of nitrogens with zero attached hydrogens (tertiary/aromatic N) is 2. The number of methoxy groups -OCH3 is 1. The van der Waals surface area contributed by atoms with Gasteiger partial charge in [0.1, 0.15) is 10.1 Å². The van der Waals surface area contributed by atoms with Gasteiger partial charge in [0.25, 0.3) is 5.56 Å². The molecule has 0 saturated heterocycles. The molecule has 1 aliphatic carbocycles. The quantitative estimate of drug-likeness (QED) is 0.261. The molecule has 4 rings (SSSR count). The molecular formula is C22H24N2O3S2. The van der Waals surface area contributed by atoms with Crippen LogP contribution in [0.1, 0.15) is 42.2 Å². The van der Waals surface area contributed by atoms with Gasteiger partial charge in [-0.05, 0) is 56.7 Å². The summed E-state index contributed by atoms with van der Waals surface area (Å²) >= 11 is 2.91. The number of para-hydroxylation sites is 1. The van der Waals surface area contributed by atoms with Crippen LogP contribution >= 0.6 is 23.1 Å². The average Bonchev–Trinajstić information content (AvgIpc) is 2.89. The number of esters is 1. The minimum Gasteiger partial charge on any atom is -0.468 e. The Labute approximate surface area is 178 Å². The van der Waals surface area contributed by atoms with Crippen LogP contribution in [0.3, 0.4) is 0 Å². The predicted octanol–water partition coefficient (Wildman–Crippen LogP) is 4.68. The Morgan fingerprint density at radius 3 is 2.76 bits per heavy atom. The molecule has 0 saturated carbocycles. The zero-order valence-electron chi connectivity index (χ0n) is 16.9. The highest BCUT2D eigenvalue weighted by molar-refractivity contribution is 8.00. The van der Waals surface area contributed by atoms with E-state index in [1.807, 2.05) is 31.2 Å². The summed E-state index contributed by atoms with van der Waals surface area (Å²) in [4.78, 5) is 32.7. The van der Waals surface area contributed by atoms with Crippen molar-refractivity contribution < 1.29 is 9.53 Å². The van der Waals surface area contributed by atoms with E-state index >= 15 is 0 Å². The van der Waals surface area contributed by atoms with Crippen molar-refractivity contribution in [3.8, 4) is 5.69 Å². The van der Waals surface area contributed by atoms with E-state index in [4.69, 9.17) is 9.72 Å². The van der Waals surface area contributed by atoms with E-state index in [1.54, 1.807) is 22.8 Å². The Kier molecular flexibility index (Phi) is 5.79. The standard InChI is InChI=1S/C22H24N2O3S2/c1-13-9-7-8-11-16(13)24-20(25)18-15-10-5-4-6-12-17(15)29-19(18)23-22(24)28-14(2)21(26)27-3/h7-9,11,14H,4-6,10,12H2,1-3H3. The highest BCUT2D eigenvalue weighted by atomic mass is 32.2. The second-order valence-electron chi connectivity index (χ2n) is 7.35. The molecule has 7 heteroatoms. The number of rotatable bonds is 4. The number of thioether (sulfide) groups is 1. The lowest BCUT2D eigenvalue weighted by Crippen LogP contribution is -2.24. The van der Waals surface area contributed by atoms with Gasteiger partial charge in [0.15, 0.2) is 5.16 Å². The van der Waals surface area contributed by atoms with Crippen LogP contribution in [-0.2, 0) is 22.4 Å². The Morgan fingerprint density at radius 2 is 2.00 bits per heavy atom. The molecule has 2 heterocycles. The second-order valence-corrected chi connectivity index (χ2v) is 9.74. The van der Waals surface area contributed by atoms with Crippen LogP contribution in [0.2, 0.25) is 0 Å². The van der Waals surface area contributed by atoms with Gasteiger partial charge in [-0.1, -0.05) is 36.4 Å². The largest absolute Gasteiger partial charge is 0.468 e. The first-order chi connectivity index (χ1) is 14.0. The van der Waals surface area contributed by atoms with E-state index < -0.39 is 5.25 Å². The van der Waals surface area contributed by atoms with Crippen molar-refractivity contribution in [2.75, 3.05) is 7.11 Å². The molecule has 29 heavy (non-hydrogen) atoms. The second kappa shape index (κ2) is 8.32. The van der Waals surface area contributed by atoms with E-state index in [0.717, 1.165) is 47.2 Å². The molecule has 1 atom stereocenters. The molecule has 3 aromatic rings. The summed E-state index contributed by atoms with van der Waals surface area (Å²) in [7, 11) is 1.38. The van der Waals surface area contributed by atoms with Gasteiger partial charge < -0.3 is 4.74 Å². The van der Waals surface area contributed by atoms with Crippen LogP contribution in [0.25, 0.3) is 15.9 Å². The first-order valence-corrected chi connectivity index (χ1v) is 11.6. The topological polar surface area (TPSA) is 61.2 Å². The Bertz CT molecular complexity index is 1130. The van der Waals surface area contributed by atoms with Gasteiger partial charge in [-0.15, -0.1) is 11.3 Å². The zero-order chi connectivity index (χ0) is 20.5. The van der Waals surface area contributed by atoms with Gasteiger partial charge >= 0.3 is 5.97 Å². The summed E-state index contributed by atoms with van der Waals surface area (Å²) in [6.07, 6.45) is 5.42. The van der Waals surface area contributed by atoms with E-state index in [0.29, 0.717) is 5.16 Å². The fraction of sp³-hybridized carbons (Fsp3) is 0.409. The molecule has 1 aromatic carbocycles. The van der Waals surface area contributed by atoms with E-state index in [1.165, 1.54) is 35.7 Å². The molecule has 0 aliphatic heterocycles. The first-order valence-electron chi connectivity index (χ1n) is 9.89. The van der Waals surface area contributed by atoms with Crippen molar-refractivity contribution in [3.63, 3.8) is 0 Å². The number of ether oxygens (including phenoxy) is 1. The summed E-state index contributed by atoms with van der Waals surface area (Å²) in [5.74, 6) is -0.331. The van der Waals surface area contributed by atoms with Gasteiger partial charge in [0.05, 0.1) is 18.2 Å². The maximum Gasteiger partial charge on any atom is 0.318 e. The molecule has 0 radical (unpaired) electrons. The summed E-state index contributed by atoms with van der Waals surface area (Å²) in [6, 6.07) is 7.79. The smallest absolute Gasteiger partial charge is 0.318 e. The number of aryl methyl sites for hydroxylation is 3. The number of carbonyl (C=O) groups is 1. The number of benzene rings is 1. The molecule has 1 aliphatic rings. The number of fused-ring (bicyclic) bond motifs is 3. The van der Waals surface area contributed by atoms with Crippen molar-refractivity contribution >= 4 is 39.3 Å². The maximum absolute atomic E-state index is 13.8. The predicted molar refractivity (Wildman–Crippen MR) is 119 cm³/mol. The minimum atomic E-state index is -0.461. The average molecular weight is 429 g/mol. The molecule has 1 unspecified atom stereocenters. The van der Waals surface area contributed by atoms with Gasteiger partial charge in [0.2, 0.25) is 0 Å². The maximum atomic E-state index is 13.8. The number of carbonyl (C=O) groups excluding carboxylic acids is 1. The lowest BCUT2D eigenvalue weighted by Gasteiger charge is -2.16. The van der Waals surface area contributed by atoms with Gasteiger partial charge in [-0.25, -0.2) is 4.98 Å². The Balaban J connectivity index is 1.98. The van der Waals surface area contributed by atoms with Crippen LogP contribution in [0.15, 0.2) is 34.2 Å². The highest BCUT2D eigenvalue weighted by Gasteiger charge is 2.25. The fourth-order valence-electron chi connectivity index (χ4n) is 3.84. The molecule has 0 N–H and O–H groups in total. The monoisotopic (exact) mass is 428 g/mol. The molecule has 2 aromatic heterocycles. The highest BCUT2D eigenvalue weighted by Crippen LogP contribution is 2.35. The third-order valence-corrected chi connectivity index (χ3v) is 7.60. The third kappa shape index (κ3) is 3.73. The molecule has 5 nitrogen and oxygen atoms in total. The van der Waals surface area contributed by atoms with Gasteiger partial charge in [0, 0.05) is 4.88 Å².